The fourth-order valence-electron chi connectivity index (χ4n) is 1.42. The molecule has 5 heteroatoms. The molecule has 2 aromatic rings. The number of aromatic hydroxyl groups is 2. The summed E-state index contributed by atoms with van der Waals surface area (Å²) in [5, 5.41) is 27.2. The second-order valence-electron chi connectivity index (χ2n) is 3.75. The van der Waals surface area contributed by atoms with Gasteiger partial charge in [0.05, 0.1) is 12.4 Å². The summed E-state index contributed by atoms with van der Waals surface area (Å²) in [4.78, 5) is 0. The van der Waals surface area contributed by atoms with Crippen LogP contribution in [0.15, 0.2) is 52.7 Å². The van der Waals surface area contributed by atoms with Crippen molar-refractivity contribution < 1.29 is 10.2 Å². The minimum Gasteiger partial charge on any atom is -0.507 e. The van der Waals surface area contributed by atoms with E-state index in [1.807, 2.05) is 0 Å². The van der Waals surface area contributed by atoms with Crippen molar-refractivity contribution in [2.45, 2.75) is 0 Å². The minimum absolute atomic E-state index is 0.0749. The van der Waals surface area contributed by atoms with E-state index in [4.69, 9.17) is 11.6 Å². The van der Waals surface area contributed by atoms with Gasteiger partial charge in [0.2, 0.25) is 0 Å². The molecule has 0 heterocycles. The summed E-state index contributed by atoms with van der Waals surface area (Å²) in [6, 6.07) is 11.4. The third-order valence-electron chi connectivity index (χ3n) is 2.39. The molecule has 0 saturated heterocycles. The van der Waals surface area contributed by atoms with Gasteiger partial charge in [-0.15, -0.1) is 0 Å². The van der Waals surface area contributed by atoms with Gasteiger partial charge in [-0.25, -0.2) is 0 Å². The standard InChI is InChI=1S/C14H11ClN2O2/c15-12-5-6-14(19)11(7-12)9-17-16-8-10-3-1-2-4-13(10)18/h1-9,18-19H/b16-8-,17-9-. The lowest BCUT2D eigenvalue weighted by Gasteiger charge is -1.97. The number of nitrogens with zero attached hydrogens (tertiary/aromatic N) is 2. The molecule has 2 aromatic carbocycles. The topological polar surface area (TPSA) is 65.2 Å². The Bertz CT molecular complexity index is 639. The number of hydrogen-bond donors (Lipinski definition) is 2. The zero-order valence-electron chi connectivity index (χ0n) is 9.86. The molecule has 0 aliphatic rings. The molecule has 0 aliphatic carbocycles. The fourth-order valence-corrected chi connectivity index (χ4v) is 1.60. The lowest BCUT2D eigenvalue weighted by Crippen LogP contribution is -1.83. The van der Waals surface area contributed by atoms with Crippen LogP contribution < -0.4 is 0 Å². The third-order valence-corrected chi connectivity index (χ3v) is 2.62. The molecule has 2 rings (SSSR count). The SMILES string of the molecule is Oc1ccccc1/C=N\N=C/c1cc(Cl)ccc1O. The van der Waals surface area contributed by atoms with Gasteiger partial charge in [0.1, 0.15) is 11.5 Å². The average Bonchev–Trinajstić information content (AvgIpc) is 2.40. The lowest BCUT2D eigenvalue weighted by atomic mass is 10.2. The summed E-state index contributed by atoms with van der Waals surface area (Å²) in [6.07, 6.45) is 2.81. The molecule has 0 radical (unpaired) electrons. The number of halogens is 1. The highest BCUT2D eigenvalue weighted by Crippen LogP contribution is 2.19. The van der Waals surface area contributed by atoms with E-state index in [-0.39, 0.29) is 11.5 Å². The first-order valence-electron chi connectivity index (χ1n) is 5.50. The van der Waals surface area contributed by atoms with Crippen molar-refractivity contribution in [3.63, 3.8) is 0 Å². The Kier molecular flexibility index (Phi) is 4.15. The highest BCUT2D eigenvalue weighted by Gasteiger charge is 1.98. The van der Waals surface area contributed by atoms with Gasteiger partial charge in [0.15, 0.2) is 0 Å². The average molecular weight is 275 g/mol. The molecule has 0 spiro atoms. The fraction of sp³-hybridized carbons (Fsp3) is 0. The van der Waals surface area contributed by atoms with E-state index in [2.05, 4.69) is 10.2 Å². The van der Waals surface area contributed by atoms with Gasteiger partial charge in [0, 0.05) is 16.1 Å². The summed E-state index contributed by atoms with van der Waals surface area (Å²) in [6.45, 7) is 0. The minimum atomic E-state index is 0.0749. The summed E-state index contributed by atoms with van der Waals surface area (Å²) >= 11 is 5.80. The monoisotopic (exact) mass is 274 g/mol. The van der Waals surface area contributed by atoms with Crippen LogP contribution in [-0.4, -0.2) is 22.6 Å². The highest BCUT2D eigenvalue weighted by molar-refractivity contribution is 6.30. The van der Waals surface area contributed by atoms with Gasteiger partial charge in [0.25, 0.3) is 0 Å². The molecule has 0 aliphatic heterocycles. The molecule has 0 unspecified atom stereocenters. The predicted octanol–water partition coefficient (Wildman–Crippen LogP) is 3.20. The quantitative estimate of drug-likeness (QED) is 0.667. The maximum atomic E-state index is 9.55. The van der Waals surface area contributed by atoms with E-state index >= 15 is 0 Å². The van der Waals surface area contributed by atoms with E-state index < -0.39 is 0 Å². The van der Waals surface area contributed by atoms with Crippen LogP contribution in [0.2, 0.25) is 5.02 Å². The number of phenolic OH excluding ortho intramolecular Hbond substituents is 2. The van der Waals surface area contributed by atoms with Crippen molar-refractivity contribution in [1.82, 2.24) is 0 Å². The number of rotatable bonds is 3. The van der Waals surface area contributed by atoms with Crippen molar-refractivity contribution in [2.75, 3.05) is 0 Å². The first kappa shape index (κ1) is 13.1. The first-order chi connectivity index (χ1) is 9.16. The van der Waals surface area contributed by atoms with E-state index in [1.54, 1.807) is 36.4 Å². The maximum absolute atomic E-state index is 9.55. The molecule has 0 saturated carbocycles. The Labute approximate surface area is 115 Å². The van der Waals surface area contributed by atoms with Crippen molar-refractivity contribution in [3.05, 3.63) is 58.6 Å². The molecule has 4 nitrogen and oxygen atoms in total. The van der Waals surface area contributed by atoms with Crippen LogP contribution in [0.5, 0.6) is 11.5 Å². The molecule has 2 N–H and O–H groups in total. The molecule has 96 valence electrons. The Morgan fingerprint density at radius 3 is 2.21 bits per heavy atom. The third kappa shape index (κ3) is 3.56. The van der Waals surface area contributed by atoms with E-state index in [1.165, 1.54) is 18.5 Å². The Morgan fingerprint density at radius 2 is 1.47 bits per heavy atom. The first-order valence-corrected chi connectivity index (χ1v) is 5.87. The van der Waals surface area contributed by atoms with Gasteiger partial charge in [-0.1, -0.05) is 23.7 Å². The zero-order valence-corrected chi connectivity index (χ0v) is 10.6. The van der Waals surface area contributed by atoms with Crippen LogP contribution in [0.1, 0.15) is 11.1 Å². The van der Waals surface area contributed by atoms with Crippen LogP contribution in [0.4, 0.5) is 0 Å². The highest BCUT2D eigenvalue weighted by atomic mass is 35.5. The van der Waals surface area contributed by atoms with Gasteiger partial charge in [-0.05, 0) is 30.3 Å². The summed E-state index contributed by atoms with van der Waals surface area (Å²) < 4.78 is 0. The van der Waals surface area contributed by atoms with Crippen LogP contribution in [0.25, 0.3) is 0 Å². The Morgan fingerprint density at radius 1 is 0.842 bits per heavy atom. The van der Waals surface area contributed by atoms with E-state index in [0.717, 1.165) is 0 Å². The van der Waals surface area contributed by atoms with E-state index in [9.17, 15) is 10.2 Å². The second-order valence-corrected chi connectivity index (χ2v) is 4.19. The van der Waals surface area contributed by atoms with Gasteiger partial charge in [-0.3, -0.25) is 0 Å². The summed E-state index contributed by atoms with van der Waals surface area (Å²) in [5.41, 5.74) is 1.04. The van der Waals surface area contributed by atoms with Crippen LogP contribution in [0, 0.1) is 0 Å². The van der Waals surface area contributed by atoms with Crippen molar-refractivity contribution in [1.29, 1.82) is 0 Å². The molecule has 0 atom stereocenters. The van der Waals surface area contributed by atoms with Crippen LogP contribution in [0.3, 0.4) is 0 Å². The van der Waals surface area contributed by atoms with Gasteiger partial charge in [-0.2, -0.15) is 10.2 Å². The Hall–Kier alpha value is -2.33. The number of phenols is 2. The van der Waals surface area contributed by atoms with Crippen molar-refractivity contribution >= 4 is 24.0 Å². The molecule has 0 fully saturated rings. The summed E-state index contributed by atoms with van der Waals surface area (Å²) in [7, 11) is 0. The normalized spacial score (nSPS) is 11.4. The molecular formula is C14H11ClN2O2. The smallest absolute Gasteiger partial charge is 0.124 e. The van der Waals surface area contributed by atoms with Crippen molar-refractivity contribution in [3.8, 4) is 11.5 Å². The van der Waals surface area contributed by atoms with Crippen LogP contribution in [-0.2, 0) is 0 Å². The lowest BCUT2D eigenvalue weighted by molar-refractivity contribution is 0.474. The number of hydrogen-bond acceptors (Lipinski definition) is 4. The van der Waals surface area contributed by atoms with Gasteiger partial charge < -0.3 is 10.2 Å². The van der Waals surface area contributed by atoms with E-state index in [0.29, 0.717) is 16.1 Å². The predicted molar refractivity (Wildman–Crippen MR) is 76.4 cm³/mol. The molecule has 0 bridgehead atoms. The molecule has 0 aromatic heterocycles. The van der Waals surface area contributed by atoms with Crippen molar-refractivity contribution in [2.24, 2.45) is 10.2 Å². The Balaban J connectivity index is 2.12. The molecule has 0 amide bonds. The number of benzene rings is 2. The van der Waals surface area contributed by atoms with Crippen LogP contribution >= 0.6 is 11.6 Å². The van der Waals surface area contributed by atoms with Gasteiger partial charge >= 0.3 is 0 Å². The molecule has 19 heavy (non-hydrogen) atoms. The maximum Gasteiger partial charge on any atom is 0.124 e. The zero-order chi connectivity index (χ0) is 13.7. The largest absolute Gasteiger partial charge is 0.507 e. The molecular weight excluding hydrogens is 264 g/mol. The second kappa shape index (κ2) is 6.02. The number of para-hydroxylation sites is 1. The summed E-state index contributed by atoms with van der Waals surface area (Å²) in [5.74, 6) is 0.206.